The molecule has 0 spiro atoms. The van der Waals surface area contributed by atoms with Crippen molar-refractivity contribution in [3.05, 3.63) is 59.2 Å². The largest absolute Gasteiger partial charge is 0.480 e. The van der Waals surface area contributed by atoms with E-state index in [-0.39, 0.29) is 23.3 Å². The van der Waals surface area contributed by atoms with E-state index in [2.05, 4.69) is 19.9 Å². The van der Waals surface area contributed by atoms with Gasteiger partial charge in [0.05, 0.1) is 25.5 Å². The Bertz CT molecular complexity index is 1810. The van der Waals surface area contributed by atoms with Gasteiger partial charge in [0, 0.05) is 31.8 Å². The highest BCUT2D eigenvalue weighted by molar-refractivity contribution is 5.76. The fourth-order valence-corrected chi connectivity index (χ4v) is 4.76. The summed E-state index contributed by atoms with van der Waals surface area (Å²) in [6.07, 6.45) is 0.0511. The zero-order chi connectivity index (χ0) is 28.3. The molecule has 14 heteroatoms. The molecule has 1 aromatic carbocycles. The van der Waals surface area contributed by atoms with Crippen LogP contribution in [0.1, 0.15) is 35.7 Å². The molecule has 1 aliphatic carbocycles. The number of nitrogen functional groups attached to an aromatic ring is 1. The van der Waals surface area contributed by atoms with Gasteiger partial charge in [-0.15, -0.1) is 0 Å². The summed E-state index contributed by atoms with van der Waals surface area (Å²) in [6, 6.07) is 7.03. The maximum Gasteiger partial charge on any atom is 0.434 e. The Labute approximate surface area is 225 Å². The quantitative estimate of drug-likeness (QED) is 0.329. The Morgan fingerprint density at radius 3 is 2.42 bits per heavy atom. The Morgan fingerprint density at radius 1 is 1.07 bits per heavy atom. The SMILES string of the molecule is COc1nc(N)nc(C2CC2)c1-c1ncc2c(n1)n(Cc1ccc(-c3nc(C(F)(F)F)cn3C)cc1)c(=N)n2C. The van der Waals surface area contributed by atoms with Gasteiger partial charge in [0.25, 0.3) is 0 Å². The van der Waals surface area contributed by atoms with E-state index in [0.717, 1.165) is 30.3 Å². The van der Waals surface area contributed by atoms with Crippen LogP contribution < -0.4 is 16.1 Å². The lowest BCUT2D eigenvalue weighted by Crippen LogP contribution is -2.23. The van der Waals surface area contributed by atoms with Gasteiger partial charge in [0.15, 0.2) is 17.2 Å². The van der Waals surface area contributed by atoms with Crippen molar-refractivity contribution in [1.82, 2.24) is 38.6 Å². The lowest BCUT2D eigenvalue weighted by molar-refractivity contribution is -0.140. The Balaban J connectivity index is 1.39. The monoisotopic (exact) mass is 550 g/mol. The fourth-order valence-electron chi connectivity index (χ4n) is 4.76. The van der Waals surface area contributed by atoms with Crippen LogP contribution >= 0.6 is 0 Å². The summed E-state index contributed by atoms with van der Waals surface area (Å²) < 4.78 is 49.6. The highest BCUT2D eigenvalue weighted by Gasteiger charge is 2.35. The predicted octanol–water partition coefficient (Wildman–Crippen LogP) is 3.64. The van der Waals surface area contributed by atoms with Crippen molar-refractivity contribution < 1.29 is 17.9 Å². The maximum atomic E-state index is 13.1. The number of hydrogen-bond acceptors (Lipinski definition) is 8. The maximum absolute atomic E-state index is 13.1. The summed E-state index contributed by atoms with van der Waals surface area (Å²) in [6.45, 7) is 0.298. The molecule has 3 N–H and O–H groups in total. The topological polar surface area (TPSA) is 138 Å². The molecule has 4 heterocycles. The smallest absolute Gasteiger partial charge is 0.434 e. The molecule has 0 atom stereocenters. The van der Waals surface area contributed by atoms with Crippen molar-refractivity contribution in [1.29, 1.82) is 5.41 Å². The van der Waals surface area contributed by atoms with E-state index < -0.39 is 11.9 Å². The summed E-state index contributed by atoms with van der Waals surface area (Å²) >= 11 is 0. The third kappa shape index (κ3) is 4.34. The first-order valence-corrected chi connectivity index (χ1v) is 12.4. The second-order valence-electron chi connectivity index (χ2n) is 9.75. The number of anilines is 1. The molecule has 1 aliphatic rings. The van der Waals surface area contributed by atoms with Crippen molar-refractivity contribution in [3.8, 4) is 28.7 Å². The number of imidazole rings is 2. The van der Waals surface area contributed by atoms with Crippen LogP contribution in [-0.4, -0.2) is 45.7 Å². The van der Waals surface area contributed by atoms with Gasteiger partial charge in [-0.2, -0.15) is 18.2 Å². The molecule has 0 unspecified atom stereocenters. The van der Waals surface area contributed by atoms with Gasteiger partial charge in [-0.3, -0.25) is 9.98 Å². The number of aryl methyl sites for hydroxylation is 2. The summed E-state index contributed by atoms with van der Waals surface area (Å²) in [5.41, 5.74) is 9.06. The molecule has 1 fully saturated rings. The van der Waals surface area contributed by atoms with E-state index in [4.69, 9.17) is 20.9 Å². The predicted molar refractivity (Wildman–Crippen MR) is 139 cm³/mol. The van der Waals surface area contributed by atoms with Crippen molar-refractivity contribution in [2.75, 3.05) is 12.8 Å². The molecule has 5 aromatic rings. The van der Waals surface area contributed by atoms with Gasteiger partial charge in [-0.25, -0.2) is 19.9 Å². The second-order valence-corrected chi connectivity index (χ2v) is 9.75. The van der Waals surface area contributed by atoms with Crippen LogP contribution in [0.2, 0.25) is 0 Å². The minimum atomic E-state index is -4.52. The second kappa shape index (κ2) is 9.17. The minimum Gasteiger partial charge on any atom is -0.480 e. The first-order valence-electron chi connectivity index (χ1n) is 12.4. The summed E-state index contributed by atoms with van der Waals surface area (Å²) in [4.78, 5) is 21.8. The van der Waals surface area contributed by atoms with Crippen LogP contribution in [0, 0.1) is 5.41 Å². The van der Waals surface area contributed by atoms with Gasteiger partial charge in [0.1, 0.15) is 16.9 Å². The first-order chi connectivity index (χ1) is 19.0. The van der Waals surface area contributed by atoms with Crippen LogP contribution in [-0.2, 0) is 26.8 Å². The number of benzene rings is 1. The molecule has 1 saturated carbocycles. The molecule has 0 saturated heterocycles. The third-order valence-corrected chi connectivity index (χ3v) is 6.96. The summed E-state index contributed by atoms with van der Waals surface area (Å²) in [7, 11) is 4.79. The molecule has 6 rings (SSSR count). The number of alkyl halides is 3. The van der Waals surface area contributed by atoms with E-state index in [1.165, 1.54) is 18.7 Å². The first kappa shape index (κ1) is 25.5. The number of nitrogens with two attached hydrogens (primary N) is 1. The Hall–Kier alpha value is -4.75. The average Bonchev–Trinajstić information content (AvgIpc) is 3.66. The zero-order valence-electron chi connectivity index (χ0n) is 21.9. The standard InChI is InChI=1S/C26H25F3N10O/c1-37-12-17(26(27,28)29)33-21(37)15-6-4-13(5-7-15)11-39-22-16(38(2)25(39)31)10-32-20(35-22)18-19(14-8-9-14)34-24(30)36-23(18)40-3/h4-7,10,12,14,31H,8-9,11H2,1-3H3,(H2,30,34,36). The van der Waals surface area contributed by atoms with E-state index in [1.54, 1.807) is 46.6 Å². The van der Waals surface area contributed by atoms with Crippen molar-refractivity contribution >= 4 is 17.1 Å². The van der Waals surface area contributed by atoms with Gasteiger partial charge in [0.2, 0.25) is 17.4 Å². The lowest BCUT2D eigenvalue weighted by atomic mass is 10.1. The van der Waals surface area contributed by atoms with E-state index >= 15 is 0 Å². The van der Waals surface area contributed by atoms with E-state index in [0.29, 0.717) is 40.5 Å². The zero-order valence-corrected chi connectivity index (χ0v) is 21.9. The fraction of sp³-hybridized carbons (Fsp3) is 0.308. The normalized spacial score (nSPS) is 13.8. The van der Waals surface area contributed by atoms with E-state index in [9.17, 15) is 13.2 Å². The van der Waals surface area contributed by atoms with Crippen LogP contribution in [0.3, 0.4) is 0 Å². The van der Waals surface area contributed by atoms with Crippen LogP contribution in [0.5, 0.6) is 5.88 Å². The Kier molecular flexibility index (Phi) is 5.85. The van der Waals surface area contributed by atoms with Crippen molar-refractivity contribution in [2.24, 2.45) is 14.1 Å². The lowest BCUT2D eigenvalue weighted by Gasteiger charge is -2.12. The molecule has 206 valence electrons. The minimum absolute atomic E-state index is 0.121. The number of methoxy groups -OCH3 is 1. The third-order valence-electron chi connectivity index (χ3n) is 6.96. The van der Waals surface area contributed by atoms with Gasteiger partial charge in [-0.05, 0) is 18.4 Å². The number of hydrogen-bond donors (Lipinski definition) is 2. The molecular formula is C26H25F3N10O. The summed E-state index contributed by atoms with van der Waals surface area (Å²) in [5, 5.41) is 8.71. The highest BCUT2D eigenvalue weighted by Crippen LogP contribution is 2.45. The number of rotatable bonds is 6. The molecule has 0 amide bonds. The highest BCUT2D eigenvalue weighted by atomic mass is 19.4. The molecule has 4 aromatic heterocycles. The number of aromatic nitrogens is 8. The van der Waals surface area contributed by atoms with Crippen LogP contribution in [0.15, 0.2) is 36.7 Å². The molecular weight excluding hydrogens is 525 g/mol. The molecule has 11 nitrogen and oxygen atoms in total. The molecule has 0 bridgehead atoms. The van der Waals surface area contributed by atoms with Crippen molar-refractivity contribution in [3.63, 3.8) is 0 Å². The number of halogens is 3. The summed E-state index contributed by atoms with van der Waals surface area (Å²) in [5.74, 6) is 1.22. The van der Waals surface area contributed by atoms with Crippen LogP contribution in [0.4, 0.5) is 19.1 Å². The number of fused-ring (bicyclic) bond motifs is 1. The number of nitrogens with one attached hydrogen (secondary N) is 1. The van der Waals surface area contributed by atoms with Crippen molar-refractivity contribution in [2.45, 2.75) is 31.5 Å². The average molecular weight is 551 g/mol. The molecule has 40 heavy (non-hydrogen) atoms. The van der Waals surface area contributed by atoms with Gasteiger partial charge in [-0.1, -0.05) is 24.3 Å². The number of ether oxygens (including phenoxy) is 1. The molecule has 0 aliphatic heterocycles. The van der Waals surface area contributed by atoms with Gasteiger partial charge >= 0.3 is 6.18 Å². The number of nitrogens with zero attached hydrogens (tertiary/aromatic N) is 8. The van der Waals surface area contributed by atoms with E-state index in [1.807, 2.05) is 0 Å². The Morgan fingerprint density at radius 2 is 1.80 bits per heavy atom. The van der Waals surface area contributed by atoms with Gasteiger partial charge < -0.3 is 19.6 Å². The molecule has 0 radical (unpaired) electrons. The van der Waals surface area contributed by atoms with Crippen LogP contribution in [0.25, 0.3) is 33.9 Å².